The lowest BCUT2D eigenvalue weighted by Crippen LogP contribution is -2.52. The lowest BCUT2D eigenvalue weighted by atomic mass is 10.0. The van der Waals surface area contributed by atoms with Crippen molar-refractivity contribution in [3.8, 4) is 0 Å². The summed E-state index contributed by atoms with van der Waals surface area (Å²) in [6.07, 6.45) is 0.550. The number of carbonyl (C=O) groups is 4. The van der Waals surface area contributed by atoms with E-state index < -0.39 is 11.9 Å². The number of fused-ring (bicyclic) bond motifs is 2. The van der Waals surface area contributed by atoms with Crippen molar-refractivity contribution in [3.05, 3.63) is 63.7 Å². The molecule has 4 amide bonds. The lowest BCUT2D eigenvalue weighted by Gasteiger charge is -2.29. The molecule has 2 aromatic carbocycles. The number of rotatable bonds is 4. The second kappa shape index (κ2) is 7.83. The van der Waals surface area contributed by atoms with E-state index in [1.165, 1.54) is 16.2 Å². The van der Waals surface area contributed by atoms with Gasteiger partial charge in [-0.05, 0) is 48.2 Å². The van der Waals surface area contributed by atoms with Crippen LogP contribution >= 0.6 is 11.3 Å². The summed E-state index contributed by atoms with van der Waals surface area (Å²) in [5.74, 6) is -1.20. The molecule has 3 aromatic rings. The number of hydrogen-bond donors (Lipinski definition) is 2. The van der Waals surface area contributed by atoms with E-state index >= 15 is 0 Å². The summed E-state index contributed by atoms with van der Waals surface area (Å²) in [6, 6.07) is 10.7. The van der Waals surface area contributed by atoms with E-state index in [4.69, 9.17) is 0 Å². The van der Waals surface area contributed by atoms with Crippen LogP contribution in [-0.4, -0.2) is 39.6 Å². The van der Waals surface area contributed by atoms with Crippen molar-refractivity contribution in [1.29, 1.82) is 0 Å². The summed E-state index contributed by atoms with van der Waals surface area (Å²) in [4.78, 5) is 54.9. The Labute approximate surface area is 187 Å². The number of benzene rings is 2. The van der Waals surface area contributed by atoms with Gasteiger partial charge >= 0.3 is 0 Å². The Hall–Kier alpha value is -3.59. The fourth-order valence-corrected chi connectivity index (χ4v) is 4.99. The molecule has 2 aliphatic heterocycles. The summed E-state index contributed by atoms with van der Waals surface area (Å²) < 4.78 is 0.963. The van der Waals surface area contributed by atoms with Crippen molar-refractivity contribution in [1.82, 2.24) is 20.5 Å². The minimum atomic E-state index is -0.640. The van der Waals surface area contributed by atoms with Crippen LogP contribution in [-0.2, 0) is 22.7 Å². The molecule has 32 heavy (non-hydrogen) atoms. The van der Waals surface area contributed by atoms with Crippen LogP contribution in [0.1, 0.15) is 49.7 Å². The van der Waals surface area contributed by atoms with Crippen LogP contribution < -0.4 is 10.6 Å². The number of nitrogens with zero attached hydrogens (tertiary/aromatic N) is 2. The molecule has 9 heteroatoms. The molecule has 1 fully saturated rings. The third-order valence-electron chi connectivity index (χ3n) is 5.78. The van der Waals surface area contributed by atoms with Crippen LogP contribution in [0.15, 0.2) is 36.4 Å². The zero-order chi connectivity index (χ0) is 22.4. The van der Waals surface area contributed by atoms with E-state index in [-0.39, 0.29) is 24.1 Å². The molecule has 0 aliphatic carbocycles. The van der Waals surface area contributed by atoms with Crippen molar-refractivity contribution in [2.75, 3.05) is 0 Å². The van der Waals surface area contributed by atoms with Crippen molar-refractivity contribution < 1.29 is 19.2 Å². The number of piperidine rings is 1. The summed E-state index contributed by atoms with van der Waals surface area (Å²) in [6.45, 7) is 2.59. The quantitative estimate of drug-likeness (QED) is 0.596. The maximum atomic E-state index is 12.8. The Bertz CT molecular complexity index is 1300. The van der Waals surface area contributed by atoms with Gasteiger partial charge in [-0.25, -0.2) is 4.98 Å². The van der Waals surface area contributed by atoms with Crippen LogP contribution in [0.2, 0.25) is 0 Å². The second-order valence-electron chi connectivity index (χ2n) is 8.06. The highest BCUT2D eigenvalue weighted by molar-refractivity contribution is 7.20. The molecule has 0 bridgehead atoms. The number of carbonyl (C=O) groups excluding carboxylic acids is 4. The first-order chi connectivity index (χ1) is 15.4. The highest BCUT2D eigenvalue weighted by atomic mass is 32.1. The number of aryl methyl sites for hydroxylation is 1. The number of imide groups is 1. The highest BCUT2D eigenvalue weighted by Crippen LogP contribution is 2.28. The molecular formula is C23H20N4O4S. The third-order valence-corrected chi connectivity index (χ3v) is 6.81. The van der Waals surface area contributed by atoms with E-state index in [1.807, 2.05) is 31.2 Å². The van der Waals surface area contributed by atoms with Crippen LogP contribution in [0.4, 0.5) is 0 Å². The fraction of sp³-hybridized carbons (Fsp3) is 0.261. The Morgan fingerprint density at radius 1 is 1.22 bits per heavy atom. The third kappa shape index (κ3) is 3.64. The van der Waals surface area contributed by atoms with Gasteiger partial charge in [0.25, 0.3) is 11.8 Å². The molecule has 2 aliphatic rings. The minimum absolute atomic E-state index is 0.213. The van der Waals surface area contributed by atoms with Crippen LogP contribution in [0, 0.1) is 6.92 Å². The Morgan fingerprint density at radius 3 is 2.88 bits per heavy atom. The molecule has 1 saturated heterocycles. The normalized spacial score (nSPS) is 18.1. The molecule has 0 radical (unpaired) electrons. The van der Waals surface area contributed by atoms with Gasteiger partial charge in [0.1, 0.15) is 6.04 Å². The predicted molar refractivity (Wildman–Crippen MR) is 118 cm³/mol. The van der Waals surface area contributed by atoms with E-state index in [0.29, 0.717) is 30.1 Å². The lowest BCUT2D eigenvalue weighted by molar-refractivity contribution is -0.136. The topological polar surface area (TPSA) is 108 Å². The fourth-order valence-electron chi connectivity index (χ4n) is 4.13. The Kier molecular flexibility index (Phi) is 4.97. The maximum Gasteiger partial charge on any atom is 0.280 e. The van der Waals surface area contributed by atoms with E-state index in [2.05, 4.69) is 15.6 Å². The summed E-state index contributed by atoms with van der Waals surface area (Å²) in [7, 11) is 0. The first-order valence-electron chi connectivity index (χ1n) is 10.3. The molecular weight excluding hydrogens is 428 g/mol. The first-order valence-corrected chi connectivity index (χ1v) is 11.1. The largest absolute Gasteiger partial charge is 0.346 e. The number of thiazole rings is 1. The van der Waals surface area contributed by atoms with Gasteiger partial charge in [0, 0.05) is 25.1 Å². The van der Waals surface area contributed by atoms with Crippen molar-refractivity contribution in [3.63, 3.8) is 0 Å². The standard InChI is InChI=1S/C23H20N4O4S/c1-12-2-6-18-16(8-12)25-22(32-18)21(30)24-10-13-3-4-15-14(9-13)11-27(23(15)31)17-5-7-19(28)26-20(17)29/h2-4,6,8-9,17H,5,7,10-11H2,1H3,(H,24,30)(H,26,28,29). The molecule has 1 atom stereocenters. The molecule has 2 N–H and O–H groups in total. The van der Waals surface area contributed by atoms with Gasteiger partial charge in [-0.1, -0.05) is 18.2 Å². The van der Waals surface area contributed by atoms with Crippen molar-refractivity contribution >= 4 is 45.2 Å². The second-order valence-corrected chi connectivity index (χ2v) is 9.09. The molecule has 8 nitrogen and oxygen atoms in total. The monoisotopic (exact) mass is 448 g/mol. The van der Waals surface area contributed by atoms with E-state index in [1.54, 1.807) is 12.1 Å². The molecule has 5 rings (SSSR count). The van der Waals surface area contributed by atoms with Crippen LogP contribution in [0.3, 0.4) is 0 Å². The van der Waals surface area contributed by atoms with Crippen molar-refractivity contribution in [2.45, 2.75) is 38.9 Å². The summed E-state index contributed by atoms with van der Waals surface area (Å²) in [5.41, 5.74) is 4.11. The van der Waals surface area contributed by atoms with E-state index in [0.717, 1.165) is 26.9 Å². The molecule has 0 saturated carbocycles. The Balaban J connectivity index is 1.27. The van der Waals surface area contributed by atoms with Crippen LogP contribution in [0.25, 0.3) is 10.2 Å². The summed E-state index contributed by atoms with van der Waals surface area (Å²) in [5, 5.41) is 5.60. The van der Waals surface area contributed by atoms with Gasteiger partial charge in [0.15, 0.2) is 5.01 Å². The van der Waals surface area contributed by atoms with Gasteiger partial charge in [-0.3, -0.25) is 24.5 Å². The van der Waals surface area contributed by atoms with Gasteiger partial charge in [0.2, 0.25) is 11.8 Å². The van der Waals surface area contributed by atoms with Gasteiger partial charge in [-0.2, -0.15) is 0 Å². The number of hydrogen-bond acceptors (Lipinski definition) is 6. The predicted octanol–water partition coefficient (Wildman–Crippen LogP) is 2.30. The highest BCUT2D eigenvalue weighted by Gasteiger charge is 2.39. The van der Waals surface area contributed by atoms with Gasteiger partial charge < -0.3 is 10.2 Å². The van der Waals surface area contributed by atoms with Gasteiger partial charge in [-0.15, -0.1) is 11.3 Å². The minimum Gasteiger partial charge on any atom is -0.346 e. The molecule has 0 spiro atoms. The number of nitrogens with one attached hydrogen (secondary N) is 2. The smallest absolute Gasteiger partial charge is 0.280 e. The molecule has 162 valence electrons. The van der Waals surface area contributed by atoms with E-state index in [9.17, 15) is 19.2 Å². The zero-order valence-electron chi connectivity index (χ0n) is 17.3. The Morgan fingerprint density at radius 2 is 2.06 bits per heavy atom. The zero-order valence-corrected chi connectivity index (χ0v) is 18.1. The molecule has 1 unspecified atom stereocenters. The number of amides is 4. The van der Waals surface area contributed by atoms with Crippen molar-refractivity contribution in [2.24, 2.45) is 0 Å². The molecule has 3 heterocycles. The molecule has 1 aromatic heterocycles. The maximum absolute atomic E-state index is 12.8. The SMILES string of the molecule is Cc1ccc2sc(C(=O)NCc3ccc4c(c3)CN(C3CCC(=O)NC3=O)C4=O)nc2c1. The van der Waals surface area contributed by atoms with Crippen LogP contribution in [0.5, 0.6) is 0 Å². The van der Waals surface area contributed by atoms with Gasteiger partial charge in [0.05, 0.1) is 10.2 Å². The number of aromatic nitrogens is 1. The average Bonchev–Trinajstić information content (AvgIpc) is 3.33. The summed E-state index contributed by atoms with van der Waals surface area (Å²) >= 11 is 1.35. The average molecular weight is 449 g/mol. The first kappa shape index (κ1) is 20.3.